The van der Waals surface area contributed by atoms with Crippen molar-refractivity contribution in [2.24, 2.45) is 0 Å². The normalized spacial score (nSPS) is 11.4. The van der Waals surface area contributed by atoms with E-state index in [1.165, 1.54) is 18.2 Å². The Labute approximate surface area is 98.2 Å². The highest BCUT2D eigenvalue weighted by Crippen LogP contribution is 2.32. The third-order valence-corrected chi connectivity index (χ3v) is 2.23. The smallest absolute Gasteiger partial charge is 0.405 e. The molecule has 91 valence electrons. The number of rotatable bonds is 4. The molecule has 0 fully saturated rings. The maximum Gasteiger partial charge on any atom is 0.573 e. The lowest BCUT2D eigenvalue weighted by Crippen LogP contribution is -2.18. The largest absolute Gasteiger partial charge is 0.573 e. The monoisotopic (exact) mass is 241 g/mol. The highest BCUT2D eigenvalue weighted by atomic mass is 19.4. The highest BCUT2D eigenvalue weighted by Gasteiger charge is 2.32. The topological polar surface area (TPSA) is 9.23 Å². The summed E-state index contributed by atoms with van der Waals surface area (Å²) in [7, 11) is 0. The summed E-state index contributed by atoms with van der Waals surface area (Å²) < 4.78 is 40.5. The molecule has 1 rings (SSSR count). The van der Waals surface area contributed by atoms with Crippen molar-refractivity contribution in [2.75, 3.05) is 0 Å². The zero-order chi connectivity index (χ0) is 13.1. The lowest BCUT2D eigenvalue weighted by atomic mass is 9.95. The molecule has 17 heavy (non-hydrogen) atoms. The molecule has 0 aromatic heterocycles. The zero-order valence-corrected chi connectivity index (χ0v) is 9.34. The molecular weight excluding hydrogens is 229 g/mol. The van der Waals surface area contributed by atoms with Crippen LogP contribution in [-0.2, 0) is 0 Å². The van der Waals surface area contributed by atoms with E-state index in [1.807, 2.05) is 0 Å². The van der Waals surface area contributed by atoms with Crippen LogP contribution in [0.4, 0.5) is 13.2 Å². The van der Waals surface area contributed by atoms with Crippen molar-refractivity contribution >= 4 is 6.08 Å². The second kappa shape index (κ2) is 5.08. The molecule has 0 aliphatic heterocycles. The summed E-state index contributed by atoms with van der Waals surface area (Å²) in [6.07, 6.45) is -1.80. The van der Waals surface area contributed by atoms with Crippen LogP contribution < -0.4 is 4.74 Å². The second-order valence-electron chi connectivity index (χ2n) is 3.36. The van der Waals surface area contributed by atoms with Gasteiger partial charge in [0.2, 0.25) is 0 Å². The molecule has 0 N–H and O–H groups in total. The first kappa shape index (κ1) is 13.4. The number of allylic oxidation sites excluding steroid dienone is 1. The number of hydrogen-bond donors (Lipinski definition) is 0. The third-order valence-electron chi connectivity index (χ3n) is 2.23. The third kappa shape index (κ3) is 3.37. The van der Waals surface area contributed by atoms with Crippen LogP contribution in [0, 0.1) is 5.92 Å². The fraction of sp³-hybridized carbons (Fsp3) is 0.154. The van der Waals surface area contributed by atoms with E-state index < -0.39 is 6.36 Å². The molecule has 0 heterocycles. The van der Waals surface area contributed by atoms with Gasteiger partial charge in [0.15, 0.2) is 0 Å². The average Bonchev–Trinajstić information content (AvgIpc) is 2.25. The van der Waals surface area contributed by atoms with Gasteiger partial charge in [-0.25, -0.2) is 0 Å². The SMILES string of the molecule is C=C[C](C)c1cccc(OC(F)(F)F)c1C=C. The summed E-state index contributed by atoms with van der Waals surface area (Å²) in [6.45, 7) is 8.84. The standard InChI is InChI=1S/C13H12F3O/c1-4-9(3)11-7-6-8-12(10(11)5-2)17-13(14,15)16/h4-8H,1-2H2,3H3. The second-order valence-corrected chi connectivity index (χ2v) is 3.36. The predicted octanol–water partition coefficient (Wildman–Crippen LogP) is 4.36. The minimum Gasteiger partial charge on any atom is -0.405 e. The maximum absolute atomic E-state index is 12.2. The molecule has 0 aliphatic rings. The highest BCUT2D eigenvalue weighted by molar-refractivity contribution is 5.64. The zero-order valence-electron chi connectivity index (χ0n) is 9.34. The summed E-state index contributed by atoms with van der Waals surface area (Å²) in [6, 6.07) is 4.44. The van der Waals surface area contributed by atoms with Crippen molar-refractivity contribution in [2.45, 2.75) is 13.3 Å². The summed E-state index contributed by atoms with van der Waals surface area (Å²) in [4.78, 5) is 0. The van der Waals surface area contributed by atoms with Gasteiger partial charge in [-0.1, -0.05) is 37.8 Å². The van der Waals surface area contributed by atoms with Crippen LogP contribution >= 0.6 is 0 Å². The van der Waals surface area contributed by atoms with Crippen LogP contribution in [0.3, 0.4) is 0 Å². The average molecular weight is 241 g/mol. The van der Waals surface area contributed by atoms with Crippen LogP contribution in [-0.4, -0.2) is 6.36 Å². The Balaban J connectivity index is 3.23. The Morgan fingerprint density at radius 1 is 1.29 bits per heavy atom. The molecule has 0 atom stereocenters. The quantitative estimate of drug-likeness (QED) is 0.761. The summed E-state index contributed by atoms with van der Waals surface area (Å²) in [5.74, 6) is 0.499. The van der Waals surface area contributed by atoms with Crippen molar-refractivity contribution in [3.63, 3.8) is 0 Å². The minimum atomic E-state index is -4.71. The Bertz CT molecular complexity index is 421. The Kier molecular flexibility index (Phi) is 3.99. The van der Waals surface area contributed by atoms with Crippen molar-refractivity contribution in [1.82, 2.24) is 0 Å². The Hall–Kier alpha value is -1.71. The van der Waals surface area contributed by atoms with E-state index in [0.29, 0.717) is 11.1 Å². The van der Waals surface area contributed by atoms with Crippen LogP contribution in [0.25, 0.3) is 6.08 Å². The predicted molar refractivity (Wildman–Crippen MR) is 61.4 cm³/mol. The molecule has 1 aromatic carbocycles. The minimum absolute atomic E-state index is 0.258. The van der Waals surface area contributed by atoms with E-state index in [-0.39, 0.29) is 5.75 Å². The number of ether oxygens (including phenoxy) is 1. The van der Waals surface area contributed by atoms with E-state index in [9.17, 15) is 13.2 Å². The van der Waals surface area contributed by atoms with Crippen LogP contribution in [0.2, 0.25) is 0 Å². The molecule has 1 nitrogen and oxygen atoms in total. The summed E-state index contributed by atoms with van der Waals surface area (Å²) in [5.41, 5.74) is 0.930. The van der Waals surface area contributed by atoms with Gasteiger partial charge in [0.25, 0.3) is 0 Å². The maximum atomic E-state index is 12.2. The molecule has 0 unspecified atom stereocenters. The van der Waals surface area contributed by atoms with Gasteiger partial charge in [0.05, 0.1) is 0 Å². The molecule has 4 heteroatoms. The molecule has 0 saturated carbocycles. The molecule has 1 radical (unpaired) electrons. The Morgan fingerprint density at radius 3 is 2.41 bits per heavy atom. The van der Waals surface area contributed by atoms with Gasteiger partial charge in [-0.05, 0) is 11.6 Å². The van der Waals surface area contributed by atoms with Crippen LogP contribution in [0.15, 0.2) is 37.4 Å². The van der Waals surface area contributed by atoms with Gasteiger partial charge >= 0.3 is 6.36 Å². The Morgan fingerprint density at radius 2 is 1.94 bits per heavy atom. The first-order valence-corrected chi connectivity index (χ1v) is 4.86. The summed E-state index contributed by atoms with van der Waals surface area (Å²) >= 11 is 0. The van der Waals surface area contributed by atoms with Crippen LogP contribution in [0.1, 0.15) is 18.1 Å². The molecule has 0 spiro atoms. The number of benzene rings is 1. The lowest BCUT2D eigenvalue weighted by molar-refractivity contribution is -0.274. The van der Waals surface area contributed by atoms with Crippen molar-refractivity contribution < 1.29 is 17.9 Å². The molecule has 0 saturated heterocycles. The fourth-order valence-corrected chi connectivity index (χ4v) is 1.42. The van der Waals surface area contributed by atoms with Crippen molar-refractivity contribution in [3.8, 4) is 5.75 Å². The van der Waals surface area contributed by atoms with Gasteiger partial charge in [-0.2, -0.15) is 0 Å². The van der Waals surface area contributed by atoms with Gasteiger partial charge in [0.1, 0.15) is 5.75 Å². The molecule has 0 aliphatic carbocycles. The van der Waals surface area contributed by atoms with Gasteiger partial charge < -0.3 is 4.74 Å². The molecular formula is C13H12F3O. The number of hydrogen-bond acceptors (Lipinski definition) is 1. The van der Waals surface area contributed by atoms with E-state index in [2.05, 4.69) is 17.9 Å². The molecule has 1 aromatic rings. The molecule has 0 bridgehead atoms. The summed E-state index contributed by atoms with van der Waals surface area (Å²) in [5, 5.41) is 0. The van der Waals surface area contributed by atoms with E-state index in [4.69, 9.17) is 0 Å². The number of halogens is 3. The van der Waals surface area contributed by atoms with E-state index in [0.717, 1.165) is 5.92 Å². The fourth-order valence-electron chi connectivity index (χ4n) is 1.42. The van der Waals surface area contributed by atoms with Gasteiger partial charge in [-0.15, -0.1) is 19.8 Å². The van der Waals surface area contributed by atoms with Gasteiger partial charge in [0, 0.05) is 11.5 Å². The van der Waals surface area contributed by atoms with Crippen molar-refractivity contribution in [3.05, 3.63) is 54.5 Å². The van der Waals surface area contributed by atoms with Crippen molar-refractivity contribution in [1.29, 1.82) is 0 Å². The van der Waals surface area contributed by atoms with E-state index in [1.54, 1.807) is 19.1 Å². The van der Waals surface area contributed by atoms with Crippen LogP contribution in [0.5, 0.6) is 5.75 Å². The van der Waals surface area contributed by atoms with E-state index >= 15 is 0 Å². The van der Waals surface area contributed by atoms with Gasteiger partial charge in [-0.3, -0.25) is 0 Å². The first-order valence-electron chi connectivity index (χ1n) is 4.86. The first-order chi connectivity index (χ1) is 7.89. The molecule has 0 amide bonds. The lowest BCUT2D eigenvalue weighted by Gasteiger charge is -2.16. The number of alkyl halides is 3.